The Kier molecular flexibility index (Phi) is 7.82. The van der Waals surface area contributed by atoms with Crippen LogP contribution in [-0.2, 0) is 16.1 Å². The number of amides is 3. The van der Waals surface area contributed by atoms with E-state index in [9.17, 15) is 14.4 Å². The molecule has 0 spiro atoms. The predicted molar refractivity (Wildman–Crippen MR) is 120 cm³/mol. The first-order chi connectivity index (χ1) is 15.0. The minimum atomic E-state index is -0.646. The van der Waals surface area contributed by atoms with Gasteiger partial charge >= 0.3 is 0 Å². The topological polar surface area (TPSA) is 78.5 Å². The molecule has 0 radical (unpaired) electrons. The summed E-state index contributed by atoms with van der Waals surface area (Å²) < 4.78 is 0. The highest BCUT2D eigenvalue weighted by Crippen LogP contribution is 2.23. The number of hydrogen-bond donors (Lipinski definition) is 2. The number of hydrogen-bond acceptors (Lipinski definition) is 3. The molecule has 1 aliphatic heterocycles. The van der Waals surface area contributed by atoms with Gasteiger partial charge in [-0.25, -0.2) is 0 Å². The van der Waals surface area contributed by atoms with Gasteiger partial charge in [-0.2, -0.15) is 0 Å². The van der Waals surface area contributed by atoms with Gasteiger partial charge in [0.05, 0.1) is 0 Å². The van der Waals surface area contributed by atoms with E-state index < -0.39 is 6.04 Å². The van der Waals surface area contributed by atoms with Gasteiger partial charge < -0.3 is 15.5 Å². The highest BCUT2D eigenvalue weighted by Gasteiger charge is 2.34. The maximum absolute atomic E-state index is 13.1. The molecule has 31 heavy (non-hydrogen) atoms. The first-order valence-electron chi connectivity index (χ1n) is 10.9. The van der Waals surface area contributed by atoms with Gasteiger partial charge in [0.15, 0.2) is 0 Å². The predicted octanol–water partition coefficient (Wildman–Crippen LogP) is 3.00. The second-order valence-electron chi connectivity index (χ2n) is 8.34. The fourth-order valence-electron chi connectivity index (χ4n) is 3.92. The van der Waals surface area contributed by atoms with Crippen LogP contribution in [0.2, 0.25) is 0 Å². The molecule has 1 fully saturated rings. The lowest BCUT2D eigenvalue weighted by molar-refractivity contribution is -0.136. The van der Waals surface area contributed by atoms with Gasteiger partial charge in [-0.3, -0.25) is 14.4 Å². The van der Waals surface area contributed by atoms with Crippen molar-refractivity contribution in [2.24, 2.45) is 11.8 Å². The lowest BCUT2D eigenvalue weighted by Crippen LogP contribution is -2.54. The number of carbonyl (C=O) groups excluding carboxylic acids is 3. The Morgan fingerprint density at radius 2 is 1.52 bits per heavy atom. The summed E-state index contributed by atoms with van der Waals surface area (Å²) in [7, 11) is 0. The van der Waals surface area contributed by atoms with Crippen molar-refractivity contribution < 1.29 is 14.4 Å². The van der Waals surface area contributed by atoms with Crippen LogP contribution in [0.3, 0.4) is 0 Å². The standard InChI is InChI=1S/C25H31N3O3/c1-18(2)25(31)28-15-13-20(14-16-28)22(27-23(29)21-11-7-4-8-12-21)24(30)26-17-19-9-5-3-6-10-19/h3-12,18,20,22H,13-17H2,1-2H3,(H,26,30)(H,27,29)/t22-/m0/s1. The maximum Gasteiger partial charge on any atom is 0.251 e. The van der Waals surface area contributed by atoms with E-state index in [2.05, 4.69) is 10.6 Å². The Morgan fingerprint density at radius 3 is 2.10 bits per heavy atom. The quantitative estimate of drug-likeness (QED) is 0.721. The van der Waals surface area contributed by atoms with Crippen LogP contribution in [0.5, 0.6) is 0 Å². The van der Waals surface area contributed by atoms with E-state index in [-0.39, 0.29) is 29.6 Å². The molecule has 0 bridgehead atoms. The second-order valence-corrected chi connectivity index (χ2v) is 8.34. The number of benzene rings is 2. The molecule has 0 aliphatic carbocycles. The largest absolute Gasteiger partial charge is 0.350 e. The molecule has 1 atom stereocenters. The molecular weight excluding hydrogens is 390 g/mol. The van der Waals surface area contributed by atoms with Crippen LogP contribution >= 0.6 is 0 Å². The fraction of sp³-hybridized carbons (Fsp3) is 0.400. The zero-order valence-electron chi connectivity index (χ0n) is 18.2. The van der Waals surface area contributed by atoms with Crippen molar-refractivity contribution in [2.75, 3.05) is 13.1 Å². The maximum atomic E-state index is 13.1. The molecule has 0 saturated carbocycles. The third kappa shape index (κ3) is 6.17. The molecule has 3 amide bonds. The van der Waals surface area contributed by atoms with Crippen LogP contribution in [0, 0.1) is 11.8 Å². The van der Waals surface area contributed by atoms with Crippen LogP contribution in [0.15, 0.2) is 60.7 Å². The number of likely N-dealkylation sites (tertiary alicyclic amines) is 1. The van der Waals surface area contributed by atoms with Crippen molar-refractivity contribution in [1.29, 1.82) is 0 Å². The van der Waals surface area contributed by atoms with Gasteiger partial charge in [0, 0.05) is 31.1 Å². The summed E-state index contributed by atoms with van der Waals surface area (Å²) in [4.78, 5) is 40.1. The average Bonchev–Trinajstić information content (AvgIpc) is 2.81. The van der Waals surface area contributed by atoms with Gasteiger partial charge in [-0.15, -0.1) is 0 Å². The van der Waals surface area contributed by atoms with Gasteiger partial charge in [-0.1, -0.05) is 62.4 Å². The van der Waals surface area contributed by atoms with Crippen molar-refractivity contribution in [1.82, 2.24) is 15.5 Å². The molecule has 2 aromatic rings. The molecule has 2 N–H and O–H groups in total. The first kappa shape index (κ1) is 22.5. The Morgan fingerprint density at radius 1 is 0.935 bits per heavy atom. The molecule has 6 nitrogen and oxygen atoms in total. The number of carbonyl (C=O) groups is 3. The second kappa shape index (κ2) is 10.8. The van der Waals surface area contributed by atoms with Crippen LogP contribution in [0.1, 0.15) is 42.6 Å². The van der Waals surface area contributed by atoms with Crippen LogP contribution in [-0.4, -0.2) is 41.8 Å². The summed E-state index contributed by atoms with van der Waals surface area (Å²) >= 11 is 0. The molecule has 1 saturated heterocycles. The van der Waals surface area contributed by atoms with E-state index in [0.717, 1.165) is 5.56 Å². The summed E-state index contributed by atoms with van der Waals surface area (Å²) in [5.41, 5.74) is 1.53. The lowest BCUT2D eigenvalue weighted by Gasteiger charge is -2.36. The highest BCUT2D eigenvalue weighted by atomic mass is 16.2. The van der Waals surface area contributed by atoms with E-state index in [1.54, 1.807) is 24.3 Å². The lowest BCUT2D eigenvalue weighted by atomic mass is 9.88. The summed E-state index contributed by atoms with van der Waals surface area (Å²) in [6.07, 6.45) is 1.36. The third-order valence-electron chi connectivity index (χ3n) is 5.73. The van der Waals surface area contributed by atoms with Crippen LogP contribution in [0.4, 0.5) is 0 Å². The van der Waals surface area contributed by atoms with Crippen molar-refractivity contribution in [3.8, 4) is 0 Å². The van der Waals surface area contributed by atoms with Crippen LogP contribution in [0.25, 0.3) is 0 Å². The van der Waals surface area contributed by atoms with Gasteiger partial charge in [0.2, 0.25) is 11.8 Å². The molecule has 1 aliphatic rings. The Hall–Kier alpha value is -3.15. The third-order valence-corrected chi connectivity index (χ3v) is 5.73. The highest BCUT2D eigenvalue weighted by molar-refractivity contribution is 5.97. The molecule has 6 heteroatoms. The Labute approximate surface area is 184 Å². The van der Waals surface area contributed by atoms with Gasteiger partial charge in [-0.05, 0) is 36.5 Å². The zero-order valence-corrected chi connectivity index (χ0v) is 18.2. The van der Waals surface area contributed by atoms with Crippen molar-refractivity contribution in [2.45, 2.75) is 39.3 Å². The number of rotatable bonds is 7. The molecule has 0 unspecified atom stereocenters. The Balaban J connectivity index is 1.69. The molecule has 1 heterocycles. The van der Waals surface area contributed by atoms with E-state index in [1.165, 1.54) is 0 Å². The van der Waals surface area contributed by atoms with E-state index in [0.29, 0.717) is 38.0 Å². The SMILES string of the molecule is CC(C)C(=O)N1CCC([C@H](NC(=O)c2ccccc2)C(=O)NCc2ccccc2)CC1. The summed E-state index contributed by atoms with van der Waals surface area (Å²) in [6.45, 7) is 5.40. The molecular formula is C25H31N3O3. The minimum Gasteiger partial charge on any atom is -0.350 e. The molecule has 0 aromatic heterocycles. The van der Waals surface area contributed by atoms with Crippen molar-refractivity contribution in [3.63, 3.8) is 0 Å². The molecule has 164 valence electrons. The minimum absolute atomic E-state index is 0.0281. The molecule has 3 rings (SSSR count). The monoisotopic (exact) mass is 421 g/mol. The Bertz CT molecular complexity index is 875. The molecule has 2 aromatic carbocycles. The van der Waals surface area contributed by atoms with E-state index in [1.807, 2.05) is 55.1 Å². The van der Waals surface area contributed by atoms with E-state index >= 15 is 0 Å². The smallest absolute Gasteiger partial charge is 0.251 e. The number of nitrogens with one attached hydrogen (secondary N) is 2. The van der Waals surface area contributed by atoms with Gasteiger partial charge in [0.25, 0.3) is 5.91 Å². The van der Waals surface area contributed by atoms with Gasteiger partial charge in [0.1, 0.15) is 6.04 Å². The van der Waals surface area contributed by atoms with Crippen LogP contribution < -0.4 is 10.6 Å². The average molecular weight is 422 g/mol. The number of nitrogens with zero attached hydrogens (tertiary/aromatic N) is 1. The van der Waals surface area contributed by atoms with Crippen molar-refractivity contribution >= 4 is 17.7 Å². The summed E-state index contributed by atoms with van der Waals surface area (Å²) in [6, 6.07) is 18.0. The van der Waals surface area contributed by atoms with Crippen molar-refractivity contribution in [3.05, 3.63) is 71.8 Å². The number of piperidine rings is 1. The fourth-order valence-corrected chi connectivity index (χ4v) is 3.92. The summed E-state index contributed by atoms with van der Waals surface area (Å²) in [5.74, 6) is -0.390. The first-order valence-corrected chi connectivity index (χ1v) is 10.9. The van der Waals surface area contributed by atoms with E-state index in [4.69, 9.17) is 0 Å². The summed E-state index contributed by atoms with van der Waals surface area (Å²) in [5, 5.41) is 5.92. The zero-order chi connectivity index (χ0) is 22.2. The normalized spacial score (nSPS) is 15.4.